The van der Waals surface area contributed by atoms with Crippen LogP contribution in [0.1, 0.15) is 46.6 Å². The van der Waals surface area contributed by atoms with Gasteiger partial charge in [-0.15, -0.1) is 0 Å². The predicted octanol–water partition coefficient (Wildman–Crippen LogP) is 3.68. The van der Waals surface area contributed by atoms with E-state index in [4.69, 9.17) is 9.84 Å². The molecule has 1 unspecified atom stereocenters. The van der Waals surface area contributed by atoms with Gasteiger partial charge in [0.1, 0.15) is 11.8 Å². The first-order chi connectivity index (χ1) is 16.5. The third-order valence-electron chi connectivity index (χ3n) is 4.56. The SMILES string of the molecule is CC.CCC(C)C.COc1ccc(S(=O)(=O)NC(CO)C(=O)Nc2ccc(CC(=O)O)cc2)cc1. The summed E-state index contributed by atoms with van der Waals surface area (Å²) in [7, 11) is -2.60. The highest BCUT2D eigenvalue weighted by Crippen LogP contribution is 2.16. The number of carbonyl (C=O) groups excluding carboxylic acids is 1. The Morgan fingerprint density at radius 2 is 1.51 bits per heavy atom. The standard InChI is InChI=1S/C18H20N2O7S.C5H12.C2H6/c1-27-14-6-8-15(9-7-14)28(25,26)20-16(11-21)18(24)19-13-4-2-12(3-5-13)10-17(22)23;1-4-5(2)3;1-2/h2-9,16,20-21H,10-11H2,1H3,(H,19,24)(H,22,23);5H,4H2,1-3H3;1-2H3. The molecule has 0 aliphatic carbocycles. The van der Waals surface area contributed by atoms with E-state index in [9.17, 15) is 23.1 Å². The maximum atomic E-state index is 12.4. The summed E-state index contributed by atoms with van der Waals surface area (Å²) in [5.41, 5.74) is 0.880. The number of aliphatic carboxylic acids is 1. The molecule has 0 saturated carbocycles. The summed E-state index contributed by atoms with van der Waals surface area (Å²) in [5.74, 6) is -0.382. The zero-order valence-electron chi connectivity index (χ0n) is 21.2. The number of sulfonamides is 1. The molecule has 1 amide bonds. The van der Waals surface area contributed by atoms with Gasteiger partial charge in [-0.1, -0.05) is 53.2 Å². The first-order valence-electron chi connectivity index (χ1n) is 11.4. The number of carboxylic acid groups (broad SMARTS) is 1. The van der Waals surface area contributed by atoms with Gasteiger partial charge in [0.05, 0.1) is 25.0 Å². The topological polar surface area (TPSA) is 142 Å². The van der Waals surface area contributed by atoms with Gasteiger partial charge in [-0.05, 0) is 47.9 Å². The Bertz CT molecular complexity index is 989. The Morgan fingerprint density at radius 3 is 1.91 bits per heavy atom. The van der Waals surface area contributed by atoms with Crippen molar-refractivity contribution in [2.45, 2.75) is 58.4 Å². The number of aliphatic hydroxyl groups excluding tert-OH is 1. The summed E-state index contributed by atoms with van der Waals surface area (Å²) in [4.78, 5) is 22.9. The molecule has 0 heterocycles. The molecule has 1 atom stereocenters. The van der Waals surface area contributed by atoms with Crippen LogP contribution in [0.5, 0.6) is 5.75 Å². The maximum absolute atomic E-state index is 12.4. The highest BCUT2D eigenvalue weighted by Gasteiger charge is 2.25. The molecule has 0 fully saturated rings. The number of aliphatic hydroxyl groups is 1. The summed E-state index contributed by atoms with van der Waals surface area (Å²) < 4.78 is 31.9. The van der Waals surface area contributed by atoms with Crippen molar-refractivity contribution in [3.8, 4) is 5.75 Å². The number of anilines is 1. The van der Waals surface area contributed by atoms with Crippen molar-refractivity contribution >= 4 is 27.6 Å². The van der Waals surface area contributed by atoms with Gasteiger partial charge in [0.15, 0.2) is 0 Å². The van der Waals surface area contributed by atoms with Crippen LogP contribution in [0.15, 0.2) is 53.4 Å². The largest absolute Gasteiger partial charge is 0.497 e. The molecule has 0 bridgehead atoms. The number of carbonyl (C=O) groups is 2. The third-order valence-corrected chi connectivity index (χ3v) is 6.05. The Morgan fingerprint density at radius 1 is 1.00 bits per heavy atom. The minimum Gasteiger partial charge on any atom is -0.497 e. The fourth-order valence-electron chi connectivity index (χ4n) is 2.29. The smallest absolute Gasteiger partial charge is 0.307 e. The molecule has 35 heavy (non-hydrogen) atoms. The average molecular weight is 511 g/mol. The van der Waals surface area contributed by atoms with Crippen molar-refractivity contribution in [1.29, 1.82) is 0 Å². The molecular weight excluding hydrogens is 472 g/mol. The Kier molecular flexibility index (Phi) is 15.2. The summed E-state index contributed by atoms with van der Waals surface area (Å²) in [6.45, 7) is 9.89. The number of ether oxygens (including phenoxy) is 1. The van der Waals surface area contributed by atoms with Gasteiger partial charge in [-0.3, -0.25) is 9.59 Å². The van der Waals surface area contributed by atoms with Crippen LogP contribution in [-0.4, -0.2) is 50.3 Å². The summed E-state index contributed by atoms with van der Waals surface area (Å²) in [6.07, 6.45) is 1.15. The van der Waals surface area contributed by atoms with Crippen molar-refractivity contribution in [2.75, 3.05) is 19.0 Å². The van der Waals surface area contributed by atoms with Gasteiger partial charge in [-0.2, -0.15) is 4.72 Å². The predicted molar refractivity (Wildman–Crippen MR) is 137 cm³/mol. The minimum absolute atomic E-state index is 0.0856. The number of carboxylic acids is 1. The van der Waals surface area contributed by atoms with Crippen LogP contribution in [-0.2, 0) is 26.0 Å². The van der Waals surface area contributed by atoms with E-state index in [1.54, 1.807) is 0 Å². The molecule has 0 aliphatic heterocycles. The van der Waals surface area contributed by atoms with E-state index >= 15 is 0 Å². The average Bonchev–Trinajstić information content (AvgIpc) is 2.85. The lowest BCUT2D eigenvalue weighted by Gasteiger charge is -2.16. The van der Waals surface area contributed by atoms with Crippen LogP contribution in [0.2, 0.25) is 0 Å². The van der Waals surface area contributed by atoms with E-state index in [0.29, 0.717) is 17.0 Å². The van der Waals surface area contributed by atoms with Crippen molar-refractivity contribution in [3.63, 3.8) is 0 Å². The highest BCUT2D eigenvalue weighted by molar-refractivity contribution is 7.89. The number of hydrogen-bond acceptors (Lipinski definition) is 6. The zero-order valence-corrected chi connectivity index (χ0v) is 22.1. The monoisotopic (exact) mass is 510 g/mol. The van der Waals surface area contributed by atoms with E-state index in [1.807, 2.05) is 13.8 Å². The molecule has 9 nitrogen and oxygen atoms in total. The lowest BCUT2D eigenvalue weighted by molar-refractivity contribution is -0.136. The molecule has 0 radical (unpaired) electrons. The second kappa shape index (κ2) is 16.6. The molecule has 0 saturated heterocycles. The quantitative estimate of drug-likeness (QED) is 0.382. The van der Waals surface area contributed by atoms with Gasteiger partial charge >= 0.3 is 5.97 Å². The highest BCUT2D eigenvalue weighted by atomic mass is 32.2. The second-order valence-electron chi connectivity index (χ2n) is 7.59. The number of hydrogen-bond donors (Lipinski definition) is 4. The van der Waals surface area contributed by atoms with E-state index in [2.05, 4.69) is 30.8 Å². The van der Waals surface area contributed by atoms with Crippen LogP contribution >= 0.6 is 0 Å². The summed E-state index contributed by atoms with van der Waals surface area (Å²) >= 11 is 0. The van der Waals surface area contributed by atoms with Crippen molar-refractivity contribution in [3.05, 3.63) is 54.1 Å². The normalized spacial score (nSPS) is 11.3. The molecular formula is C25H38N2O7S. The molecule has 0 spiro atoms. The fraction of sp³-hybridized carbons (Fsp3) is 0.440. The van der Waals surface area contributed by atoms with Crippen molar-refractivity contribution in [2.24, 2.45) is 5.92 Å². The molecule has 2 rings (SSSR count). The van der Waals surface area contributed by atoms with Crippen molar-refractivity contribution < 1.29 is 33.0 Å². The van der Waals surface area contributed by atoms with Crippen LogP contribution in [0.3, 0.4) is 0 Å². The number of rotatable bonds is 10. The molecule has 4 N–H and O–H groups in total. The first-order valence-corrected chi connectivity index (χ1v) is 12.9. The minimum atomic E-state index is -4.05. The maximum Gasteiger partial charge on any atom is 0.307 e. The third kappa shape index (κ3) is 12.4. The molecule has 2 aromatic carbocycles. The lowest BCUT2D eigenvalue weighted by atomic mass is 10.1. The van der Waals surface area contributed by atoms with Crippen LogP contribution in [0.4, 0.5) is 5.69 Å². The van der Waals surface area contributed by atoms with Gasteiger partial charge in [0, 0.05) is 5.69 Å². The first kappa shape index (κ1) is 32.0. The molecule has 0 aliphatic rings. The van der Waals surface area contributed by atoms with Crippen LogP contribution < -0.4 is 14.8 Å². The molecule has 2 aromatic rings. The fourth-order valence-corrected chi connectivity index (χ4v) is 3.48. The van der Waals surface area contributed by atoms with Gasteiger partial charge in [0.25, 0.3) is 0 Å². The Labute approximate surface area is 208 Å². The van der Waals surface area contributed by atoms with E-state index in [-0.39, 0.29) is 11.3 Å². The number of methoxy groups -OCH3 is 1. The number of benzene rings is 2. The van der Waals surface area contributed by atoms with Gasteiger partial charge in [0.2, 0.25) is 15.9 Å². The molecule has 0 aromatic heterocycles. The van der Waals surface area contributed by atoms with E-state index < -0.39 is 34.5 Å². The van der Waals surface area contributed by atoms with Gasteiger partial charge in [-0.25, -0.2) is 8.42 Å². The van der Waals surface area contributed by atoms with E-state index in [1.165, 1.54) is 62.1 Å². The van der Waals surface area contributed by atoms with Crippen LogP contribution in [0, 0.1) is 5.92 Å². The zero-order chi connectivity index (χ0) is 27.0. The summed E-state index contributed by atoms with van der Waals surface area (Å²) in [5, 5.41) is 20.7. The lowest BCUT2D eigenvalue weighted by Crippen LogP contribution is -2.46. The number of amides is 1. The summed E-state index contributed by atoms with van der Waals surface area (Å²) in [6, 6.07) is 10.2. The van der Waals surface area contributed by atoms with Crippen molar-refractivity contribution in [1.82, 2.24) is 4.72 Å². The van der Waals surface area contributed by atoms with Crippen LogP contribution in [0.25, 0.3) is 0 Å². The Hall–Kier alpha value is -2.95. The van der Waals surface area contributed by atoms with Gasteiger partial charge < -0.3 is 20.3 Å². The molecule has 196 valence electrons. The number of nitrogens with one attached hydrogen (secondary N) is 2. The molecule has 10 heteroatoms. The van der Waals surface area contributed by atoms with E-state index in [0.717, 1.165) is 5.92 Å². The second-order valence-corrected chi connectivity index (χ2v) is 9.30. The Balaban J connectivity index is 0.00000146.